The number of rotatable bonds is 2. The first-order valence-corrected chi connectivity index (χ1v) is 5.96. The van der Waals surface area contributed by atoms with Crippen molar-refractivity contribution in [1.29, 1.82) is 0 Å². The zero-order valence-corrected chi connectivity index (χ0v) is 9.93. The van der Waals surface area contributed by atoms with Crippen molar-refractivity contribution in [3.05, 3.63) is 11.2 Å². The fraction of sp³-hybridized carbons (Fsp3) is 0.375. The summed E-state index contributed by atoms with van der Waals surface area (Å²) in [5.41, 5.74) is 0.0617. The van der Waals surface area contributed by atoms with Crippen LogP contribution in [-0.2, 0) is 9.59 Å². The van der Waals surface area contributed by atoms with Gasteiger partial charge in [-0.25, -0.2) is 5.01 Å². The summed E-state index contributed by atoms with van der Waals surface area (Å²) in [6.07, 6.45) is 0. The Labute approximate surface area is 101 Å². The maximum atomic E-state index is 11.3. The van der Waals surface area contributed by atoms with Gasteiger partial charge < -0.3 is 10.6 Å². The fourth-order valence-electron chi connectivity index (χ4n) is 1.25. The molecule has 2 amide bonds. The third kappa shape index (κ3) is 2.00. The Morgan fingerprint density at radius 3 is 3.25 bits per heavy atom. The van der Waals surface area contributed by atoms with Crippen LogP contribution in [0.25, 0.3) is 0 Å². The first kappa shape index (κ1) is 11.3. The standard InChI is InChI=1S/C8H9ClN4O2S/c1-4-7(15)11-8-13(12-4)5(3-16-8)10-6(14)2-9/h3,8H,2H2,1H3,(H,10,14)(H,11,15). The predicted molar refractivity (Wildman–Crippen MR) is 61.4 cm³/mol. The zero-order chi connectivity index (χ0) is 11.7. The Hall–Kier alpha value is -1.21. The van der Waals surface area contributed by atoms with E-state index in [2.05, 4.69) is 15.7 Å². The second-order valence-corrected chi connectivity index (χ2v) is 4.40. The number of alkyl halides is 1. The van der Waals surface area contributed by atoms with Gasteiger partial charge in [0.1, 0.15) is 17.4 Å². The van der Waals surface area contributed by atoms with Gasteiger partial charge >= 0.3 is 0 Å². The van der Waals surface area contributed by atoms with Crippen molar-refractivity contribution in [1.82, 2.24) is 15.6 Å². The average Bonchev–Trinajstić information content (AvgIpc) is 2.62. The number of thioether (sulfide) groups is 1. The molecule has 2 heterocycles. The lowest BCUT2D eigenvalue weighted by Crippen LogP contribution is -2.50. The van der Waals surface area contributed by atoms with Crippen LogP contribution in [0, 0.1) is 0 Å². The van der Waals surface area contributed by atoms with Gasteiger partial charge in [-0.1, -0.05) is 11.8 Å². The molecule has 0 saturated carbocycles. The molecule has 1 unspecified atom stereocenters. The quantitative estimate of drug-likeness (QED) is 0.685. The summed E-state index contributed by atoms with van der Waals surface area (Å²) < 4.78 is 0. The number of carbonyl (C=O) groups is 2. The van der Waals surface area contributed by atoms with Crippen LogP contribution in [0.2, 0.25) is 0 Å². The molecular weight excluding hydrogens is 252 g/mol. The van der Waals surface area contributed by atoms with E-state index < -0.39 is 0 Å². The van der Waals surface area contributed by atoms with Crippen LogP contribution in [0.3, 0.4) is 0 Å². The summed E-state index contributed by atoms with van der Waals surface area (Å²) in [6, 6.07) is 0. The van der Waals surface area contributed by atoms with Crippen molar-refractivity contribution in [2.45, 2.75) is 12.4 Å². The zero-order valence-electron chi connectivity index (χ0n) is 8.36. The molecule has 0 bridgehead atoms. The van der Waals surface area contributed by atoms with Crippen LogP contribution in [0.15, 0.2) is 16.3 Å². The minimum atomic E-state index is -0.307. The number of hydrogen-bond acceptors (Lipinski definition) is 5. The minimum absolute atomic E-state index is 0.116. The van der Waals surface area contributed by atoms with Crippen molar-refractivity contribution in [3.8, 4) is 0 Å². The molecular formula is C8H9ClN4O2S. The SMILES string of the molecule is CC1=NN2C(NC(=O)CCl)=CSC2NC1=O. The van der Waals surface area contributed by atoms with E-state index in [0.717, 1.165) is 0 Å². The Balaban J connectivity index is 2.13. The Morgan fingerprint density at radius 2 is 2.56 bits per heavy atom. The molecule has 0 saturated heterocycles. The summed E-state index contributed by atoms with van der Waals surface area (Å²) in [7, 11) is 0. The third-order valence-electron chi connectivity index (χ3n) is 2.01. The molecule has 8 heteroatoms. The van der Waals surface area contributed by atoms with Gasteiger partial charge in [0.05, 0.1) is 0 Å². The van der Waals surface area contributed by atoms with Gasteiger partial charge in [-0.15, -0.1) is 11.6 Å². The molecule has 0 aromatic carbocycles. The van der Waals surface area contributed by atoms with Gasteiger partial charge in [-0.3, -0.25) is 9.59 Å². The lowest BCUT2D eigenvalue weighted by Gasteiger charge is -2.28. The molecule has 2 aliphatic heterocycles. The van der Waals surface area contributed by atoms with Crippen LogP contribution in [0.1, 0.15) is 6.92 Å². The van der Waals surface area contributed by atoms with E-state index in [1.807, 2.05) is 0 Å². The Kier molecular flexibility index (Phi) is 3.06. The van der Waals surface area contributed by atoms with Crippen molar-refractivity contribution in [3.63, 3.8) is 0 Å². The molecule has 16 heavy (non-hydrogen) atoms. The van der Waals surface area contributed by atoms with E-state index >= 15 is 0 Å². The number of carbonyl (C=O) groups excluding carboxylic acids is 2. The van der Waals surface area contributed by atoms with Crippen molar-refractivity contribution < 1.29 is 9.59 Å². The number of hydrazone groups is 1. The summed E-state index contributed by atoms with van der Waals surface area (Å²) in [5.74, 6) is -0.0961. The molecule has 0 spiro atoms. The van der Waals surface area contributed by atoms with E-state index in [9.17, 15) is 9.59 Å². The third-order valence-corrected chi connectivity index (χ3v) is 3.18. The smallest absolute Gasteiger partial charge is 0.269 e. The van der Waals surface area contributed by atoms with Gasteiger partial charge in [0.25, 0.3) is 5.91 Å². The Bertz CT molecular complexity index is 409. The molecule has 0 radical (unpaired) electrons. The van der Waals surface area contributed by atoms with Crippen LogP contribution in [-0.4, -0.2) is 33.9 Å². The molecule has 0 aliphatic carbocycles. The lowest BCUT2D eigenvalue weighted by molar-refractivity contribution is -0.118. The van der Waals surface area contributed by atoms with E-state index in [4.69, 9.17) is 11.6 Å². The minimum Gasteiger partial charge on any atom is -0.320 e. The molecule has 0 aromatic heterocycles. The Morgan fingerprint density at radius 1 is 1.81 bits per heavy atom. The number of nitrogens with zero attached hydrogens (tertiary/aromatic N) is 2. The van der Waals surface area contributed by atoms with E-state index in [0.29, 0.717) is 11.5 Å². The van der Waals surface area contributed by atoms with Gasteiger partial charge in [-0.2, -0.15) is 5.10 Å². The molecule has 2 rings (SSSR count). The molecule has 2 N–H and O–H groups in total. The highest BCUT2D eigenvalue weighted by Gasteiger charge is 2.33. The average molecular weight is 261 g/mol. The highest BCUT2D eigenvalue weighted by Crippen LogP contribution is 2.29. The molecule has 86 valence electrons. The maximum absolute atomic E-state index is 11.3. The number of nitrogens with one attached hydrogen (secondary N) is 2. The van der Waals surface area contributed by atoms with Gasteiger partial charge in [0, 0.05) is 5.41 Å². The largest absolute Gasteiger partial charge is 0.320 e. The summed E-state index contributed by atoms with van der Waals surface area (Å²) >= 11 is 6.75. The molecule has 0 fully saturated rings. The lowest BCUT2D eigenvalue weighted by atomic mass is 10.4. The van der Waals surface area contributed by atoms with Crippen LogP contribution >= 0.6 is 23.4 Å². The summed E-state index contributed by atoms with van der Waals surface area (Å²) in [4.78, 5) is 22.4. The van der Waals surface area contributed by atoms with Gasteiger partial charge in [-0.05, 0) is 6.92 Å². The second-order valence-electron chi connectivity index (χ2n) is 3.18. The van der Waals surface area contributed by atoms with E-state index in [-0.39, 0.29) is 23.2 Å². The topological polar surface area (TPSA) is 73.8 Å². The van der Waals surface area contributed by atoms with Gasteiger partial charge in [0.2, 0.25) is 5.91 Å². The van der Waals surface area contributed by atoms with Crippen molar-refractivity contribution >= 4 is 40.9 Å². The highest BCUT2D eigenvalue weighted by atomic mass is 35.5. The van der Waals surface area contributed by atoms with Crippen molar-refractivity contribution in [2.24, 2.45) is 5.10 Å². The van der Waals surface area contributed by atoms with Gasteiger partial charge in [0.15, 0.2) is 5.50 Å². The predicted octanol–water partition coefficient (Wildman–Crippen LogP) is -0.0216. The van der Waals surface area contributed by atoms with Crippen LogP contribution in [0.5, 0.6) is 0 Å². The first-order chi connectivity index (χ1) is 7.61. The monoisotopic (exact) mass is 260 g/mol. The number of halogens is 1. The number of hydrogen-bond donors (Lipinski definition) is 2. The van der Waals surface area contributed by atoms with E-state index in [1.165, 1.54) is 11.8 Å². The maximum Gasteiger partial charge on any atom is 0.269 e. The first-order valence-electron chi connectivity index (χ1n) is 4.48. The normalized spacial score (nSPS) is 23.2. The molecule has 0 aromatic rings. The fourth-order valence-corrected chi connectivity index (χ4v) is 2.20. The molecule has 6 nitrogen and oxygen atoms in total. The molecule has 1 atom stereocenters. The van der Waals surface area contributed by atoms with Crippen LogP contribution in [0.4, 0.5) is 0 Å². The second kappa shape index (κ2) is 4.34. The summed E-state index contributed by atoms with van der Waals surface area (Å²) in [6.45, 7) is 1.61. The van der Waals surface area contributed by atoms with E-state index in [1.54, 1.807) is 17.3 Å². The van der Waals surface area contributed by atoms with Crippen molar-refractivity contribution in [2.75, 3.05) is 5.88 Å². The number of amides is 2. The number of fused-ring (bicyclic) bond motifs is 1. The highest BCUT2D eigenvalue weighted by molar-refractivity contribution is 8.02. The van der Waals surface area contributed by atoms with Crippen LogP contribution < -0.4 is 10.6 Å². The molecule has 2 aliphatic rings. The summed E-state index contributed by atoms with van der Waals surface area (Å²) in [5, 5.41) is 12.7.